The topological polar surface area (TPSA) is 77.4 Å². The van der Waals surface area contributed by atoms with Gasteiger partial charge in [-0.05, 0) is 19.4 Å². The lowest BCUT2D eigenvalue weighted by Gasteiger charge is -2.47. The van der Waals surface area contributed by atoms with Gasteiger partial charge < -0.3 is 29.2 Å². The highest BCUT2D eigenvalue weighted by atomic mass is 16.8. The minimum Gasteiger partial charge on any atom is -0.394 e. The van der Waals surface area contributed by atoms with Crippen LogP contribution in [-0.2, 0) is 18.9 Å². The van der Waals surface area contributed by atoms with Gasteiger partial charge in [-0.15, -0.1) is 0 Å². The number of hydrogen-bond acceptors (Lipinski definition) is 6. The van der Waals surface area contributed by atoms with Crippen molar-refractivity contribution in [3.8, 4) is 0 Å². The molecule has 2 aromatic carbocycles. The first-order chi connectivity index (χ1) is 13.6. The Balaban J connectivity index is 1.57. The molecule has 2 aromatic rings. The zero-order valence-corrected chi connectivity index (χ0v) is 16.0. The summed E-state index contributed by atoms with van der Waals surface area (Å²) >= 11 is 0. The van der Waals surface area contributed by atoms with Crippen LogP contribution in [0.1, 0.15) is 34.8 Å². The highest BCUT2D eigenvalue weighted by molar-refractivity contribution is 5.31. The molecular weight excluding hydrogens is 360 g/mol. The predicted octanol–water partition coefficient (Wildman–Crippen LogP) is 2.55. The molecule has 2 aliphatic rings. The van der Waals surface area contributed by atoms with Gasteiger partial charge in [-0.25, -0.2) is 0 Å². The zero-order valence-electron chi connectivity index (χ0n) is 16.0. The molecule has 4 rings (SSSR count). The van der Waals surface area contributed by atoms with Gasteiger partial charge in [-0.2, -0.15) is 0 Å². The lowest BCUT2D eigenvalue weighted by atomic mass is 9.98. The van der Waals surface area contributed by atoms with E-state index in [0.717, 1.165) is 16.7 Å². The molecule has 0 radical (unpaired) electrons. The van der Waals surface area contributed by atoms with Crippen LogP contribution in [0.15, 0.2) is 48.5 Å². The van der Waals surface area contributed by atoms with E-state index < -0.39 is 43.6 Å². The molecule has 6 nitrogen and oxygen atoms in total. The molecule has 150 valence electrons. The van der Waals surface area contributed by atoms with Crippen LogP contribution in [0, 0.1) is 13.8 Å². The molecule has 6 atom stereocenters. The van der Waals surface area contributed by atoms with Crippen molar-refractivity contribution >= 4 is 0 Å². The third-order valence-corrected chi connectivity index (χ3v) is 5.28. The maximum absolute atomic E-state index is 10.4. The summed E-state index contributed by atoms with van der Waals surface area (Å²) in [7, 11) is 0. The predicted molar refractivity (Wildman–Crippen MR) is 102 cm³/mol. The second kappa shape index (κ2) is 8.29. The largest absolute Gasteiger partial charge is 0.394 e. The Morgan fingerprint density at radius 1 is 1.00 bits per heavy atom. The Kier molecular flexibility index (Phi) is 5.78. The van der Waals surface area contributed by atoms with E-state index in [1.165, 1.54) is 5.56 Å². The summed E-state index contributed by atoms with van der Waals surface area (Å²) in [6, 6.07) is 15.6. The average Bonchev–Trinajstić information content (AvgIpc) is 2.72. The monoisotopic (exact) mass is 386 g/mol. The Morgan fingerprint density at radius 3 is 2.50 bits per heavy atom. The normalized spacial score (nSPS) is 31.2. The maximum Gasteiger partial charge on any atom is 0.184 e. The first-order valence-corrected chi connectivity index (χ1v) is 9.56. The molecule has 2 unspecified atom stereocenters. The van der Waals surface area contributed by atoms with Crippen molar-refractivity contribution in [3.05, 3.63) is 70.8 Å². The van der Waals surface area contributed by atoms with E-state index in [9.17, 15) is 10.2 Å². The van der Waals surface area contributed by atoms with Crippen LogP contribution in [0.3, 0.4) is 0 Å². The summed E-state index contributed by atoms with van der Waals surface area (Å²) in [6.07, 6.45) is -4.01. The van der Waals surface area contributed by atoms with Gasteiger partial charge in [-0.3, -0.25) is 0 Å². The summed E-state index contributed by atoms with van der Waals surface area (Å²) in [5, 5.41) is 19.9. The third kappa shape index (κ3) is 3.85. The Bertz CT molecular complexity index is 795. The fourth-order valence-corrected chi connectivity index (χ4v) is 3.80. The molecule has 2 aliphatic heterocycles. The average molecular weight is 386 g/mol. The first-order valence-electron chi connectivity index (χ1n) is 9.56. The van der Waals surface area contributed by atoms with Crippen molar-refractivity contribution in [1.82, 2.24) is 0 Å². The van der Waals surface area contributed by atoms with Crippen LogP contribution >= 0.6 is 0 Å². The van der Waals surface area contributed by atoms with Crippen LogP contribution in [0.4, 0.5) is 0 Å². The number of benzene rings is 2. The first kappa shape index (κ1) is 19.5. The highest BCUT2D eigenvalue weighted by Gasteiger charge is 2.48. The van der Waals surface area contributed by atoms with Crippen LogP contribution in [0.2, 0.25) is 0 Å². The number of aliphatic hydroxyl groups excluding tert-OH is 2. The van der Waals surface area contributed by atoms with E-state index in [1.54, 1.807) is 0 Å². The molecule has 0 amide bonds. The Labute approximate surface area is 164 Å². The molecule has 2 heterocycles. The van der Waals surface area contributed by atoms with Crippen LogP contribution in [0.5, 0.6) is 0 Å². The number of fused-ring (bicyclic) bond motifs is 1. The second-order valence-electron chi connectivity index (χ2n) is 7.39. The van der Waals surface area contributed by atoms with Gasteiger partial charge in [-0.1, -0.05) is 54.1 Å². The van der Waals surface area contributed by atoms with Crippen molar-refractivity contribution in [3.63, 3.8) is 0 Å². The number of aryl methyl sites for hydroxylation is 2. The molecule has 0 saturated carbocycles. The van der Waals surface area contributed by atoms with Gasteiger partial charge in [0.25, 0.3) is 0 Å². The quantitative estimate of drug-likeness (QED) is 0.841. The van der Waals surface area contributed by atoms with Gasteiger partial charge >= 0.3 is 0 Å². The van der Waals surface area contributed by atoms with Crippen molar-refractivity contribution in [2.24, 2.45) is 0 Å². The number of aliphatic hydroxyl groups is 2. The van der Waals surface area contributed by atoms with E-state index in [0.29, 0.717) is 6.61 Å². The number of hydrogen-bond donors (Lipinski definition) is 2. The summed E-state index contributed by atoms with van der Waals surface area (Å²) < 4.78 is 24.2. The summed E-state index contributed by atoms with van der Waals surface area (Å²) in [5.41, 5.74) is 4.01. The SMILES string of the molecule is Cc1ccc(C2OC[C@@H]3OC(c4ccccc4)O[C@H]([C@H](O)CO)[C@@H]3O2)c(C)c1. The smallest absolute Gasteiger partial charge is 0.184 e. The summed E-state index contributed by atoms with van der Waals surface area (Å²) in [6.45, 7) is 3.94. The molecular formula is C22H26O6. The standard InChI is InChI=1S/C22H26O6/c1-13-8-9-16(14(2)10-13)22-25-12-18-20(28-22)19(17(24)11-23)27-21(26-18)15-6-4-3-5-7-15/h3-10,17-24H,11-12H2,1-2H3/t17-,18+,19-,20-,21?,22?/m1/s1. The lowest BCUT2D eigenvalue weighted by molar-refractivity contribution is -0.373. The van der Waals surface area contributed by atoms with Crippen molar-refractivity contribution in [1.29, 1.82) is 0 Å². The Hall–Kier alpha value is -1.80. The minimum atomic E-state index is -1.08. The fraction of sp³-hybridized carbons (Fsp3) is 0.455. The van der Waals surface area contributed by atoms with Gasteiger partial charge in [0, 0.05) is 11.1 Å². The number of ether oxygens (including phenoxy) is 4. The fourth-order valence-electron chi connectivity index (χ4n) is 3.80. The van der Waals surface area contributed by atoms with Crippen LogP contribution < -0.4 is 0 Å². The van der Waals surface area contributed by atoms with Crippen LogP contribution in [-0.4, -0.2) is 47.8 Å². The van der Waals surface area contributed by atoms with E-state index in [-0.39, 0.29) is 0 Å². The molecule has 0 bridgehead atoms. The van der Waals surface area contributed by atoms with Crippen LogP contribution in [0.25, 0.3) is 0 Å². The van der Waals surface area contributed by atoms with Gasteiger partial charge in [0.15, 0.2) is 12.6 Å². The molecule has 28 heavy (non-hydrogen) atoms. The van der Waals surface area contributed by atoms with Gasteiger partial charge in [0.2, 0.25) is 0 Å². The molecule has 0 aliphatic carbocycles. The minimum absolute atomic E-state index is 0.310. The molecule has 2 saturated heterocycles. The van der Waals surface area contributed by atoms with Crippen molar-refractivity contribution in [2.45, 2.75) is 50.8 Å². The molecule has 6 heteroatoms. The van der Waals surface area contributed by atoms with Gasteiger partial charge in [0.1, 0.15) is 24.4 Å². The van der Waals surface area contributed by atoms with E-state index >= 15 is 0 Å². The number of rotatable bonds is 4. The molecule has 0 aromatic heterocycles. The van der Waals surface area contributed by atoms with E-state index in [4.69, 9.17) is 18.9 Å². The van der Waals surface area contributed by atoms with E-state index in [2.05, 4.69) is 6.07 Å². The second-order valence-corrected chi connectivity index (χ2v) is 7.39. The van der Waals surface area contributed by atoms with Gasteiger partial charge in [0.05, 0.1) is 13.2 Å². The maximum atomic E-state index is 10.4. The summed E-state index contributed by atoms with van der Waals surface area (Å²) in [4.78, 5) is 0. The molecule has 2 fully saturated rings. The molecule has 0 spiro atoms. The van der Waals surface area contributed by atoms with Crippen molar-refractivity contribution < 1.29 is 29.2 Å². The van der Waals surface area contributed by atoms with Crippen molar-refractivity contribution in [2.75, 3.05) is 13.2 Å². The third-order valence-electron chi connectivity index (χ3n) is 5.28. The Morgan fingerprint density at radius 2 is 1.79 bits per heavy atom. The zero-order chi connectivity index (χ0) is 19.7. The van der Waals surface area contributed by atoms with E-state index in [1.807, 2.05) is 56.3 Å². The molecule has 2 N–H and O–H groups in total. The lowest BCUT2D eigenvalue weighted by Crippen LogP contribution is -2.58. The summed E-state index contributed by atoms with van der Waals surface area (Å²) in [5.74, 6) is 0. The highest BCUT2D eigenvalue weighted by Crippen LogP contribution is 2.39.